The Balaban J connectivity index is 2.05. The fraction of sp³-hybridized carbons (Fsp3) is 1.00. The minimum absolute atomic E-state index is 0.285. The molecule has 1 saturated heterocycles. The minimum atomic E-state index is 0.285. The van der Waals surface area contributed by atoms with Crippen molar-refractivity contribution in [3.05, 3.63) is 0 Å². The van der Waals surface area contributed by atoms with Gasteiger partial charge in [0.05, 0.1) is 0 Å². The topological polar surface area (TPSA) is 44.3 Å². The van der Waals surface area contributed by atoms with Crippen LogP contribution in [0.15, 0.2) is 0 Å². The molecule has 12 heavy (non-hydrogen) atoms. The molecule has 3 N–H and O–H groups in total. The minimum Gasteiger partial charge on any atom is -0.396 e. The molecular formula is C9H20N2O. The maximum absolute atomic E-state index is 8.81. The summed E-state index contributed by atoms with van der Waals surface area (Å²) in [5.41, 5.74) is 0. The quantitative estimate of drug-likeness (QED) is 0.557. The molecule has 2 unspecified atom stereocenters. The van der Waals surface area contributed by atoms with Crippen molar-refractivity contribution in [2.45, 2.75) is 25.8 Å². The van der Waals surface area contributed by atoms with Gasteiger partial charge in [0.2, 0.25) is 0 Å². The summed E-state index contributed by atoms with van der Waals surface area (Å²) in [5, 5.41) is 15.6. The molecule has 2 atom stereocenters. The van der Waals surface area contributed by atoms with Crippen LogP contribution in [-0.4, -0.2) is 37.4 Å². The fourth-order valence-electron chi connectivity index (χ4n) is 1.46. The van der Waals surface area contributed by atoms with Crippen LogP contribution in [0.3, 0.4) is 0 Å². The zero-order chi connectivity index (χ0) is 8.81. The van der Waals surface area contributed by atoms with Crippen molar-refractivity contribution in [2.24, 2.45) is 5.92 Å². The van der Waals surface area contributed by atoms with Gasteiger partial charge < -0.3 is 15.7 Å². The largest absolute Gasteiger partial charge is 0.396 e. The highest BCUT2D eigenvalue weighted by Gasteiger charge is 2.12. The zero-order valence-electron chi connectivity index (χ0n) is 7.84. The second-order valence-corrected chi connectivity index (χ2v) is 3.74. The van der Waals surface area contributed by atoms with Crippen molar-refractivity contribution < 1.29 is 5.11 Å². The summed E-state index contributed by atoms with van der Waals surface area (Å²) in [6.45, 7) is 5.52. The second kappa shape index (κ2) is 5.51. The molecule has 1 fully saturated rings. The molecule has 0 spiro atoms. The Morgan fingerprint density at radius 1 is 1.67 bits per heavy atom. The Morgan fingerprint density at radius 3 is 3.08 bits per heavy atom. The van der Waals surface area contributed by atoms with Crippen LogP contribution in [0, 0.1) is 5.92 Å². The van der Waals surface area contributed by atoms with Crippen molar-refractivity contribution in [1.29, 1.82) is 0 Å². The number of rotatable bonds is 4. The van der Waals surface area contributed by atoms with Gasteiger partial charge in [-0.25, -0.2) is 0 Å². The molecule has 1 heterocycles. The molecule has 0 amide bonds. The maximum atomic E-state index is 8.81. The molecular weight excluding hydrogens is 152 g/mol. The second-order valence-electron chi connectivity index (χ2n) is 3.74. The van der Waals surface area contributed by atoms with Gasteiger partial charge in [-0.15, -0.1) is 0 Å². The summed E-state index contributed by atoms with van der Waals surface area (Å²) >= 11 is 0. The van der Waals surface area contributed by atoms with E-state index in [0.717, 1.165) is 19.6 Å². The number of hydrogen-bond donors (Lipinski definition) is 3. The molecule has 0 radical (unpaired) electrons. The lowest BCUT2D eigenvalue weighted by Crippen LogP contribution is -2.44. The summed E-state index contributed by atoms with van der Waals surface area (Å²) in [5.74, 6) is 0.381. The van der Waals surface area contributed by atoms with Crippen LogP contribution < -0.4 is 10.6 Å². The zero-order valence-corrected chi connectivity index (χ0v) is 7.84. The molecule has 0 aromatic heterocycles. The number of piperidine rings is 1. The van der Waals surface area contributed by atoms with E-state index in [1.807, 2.05) is 0 Å². The van der Waals surface area contributed by atoms with Crippen molar-refractivity contribution in [3.63, 3.8) is 0 Å². The van der Waals surface area contributed by atoms with Crippen LogP contribution in [-0.2, 0) is 0 Å². The average Bonchev–Trinajstić information content (AvgIpc) is 2.16. The molecule has 3 nitrogen and oxygen atoms in total. The predicted molar refractivity (Wildman–Crippen MR) is 50.1 cm³/mol. The maximum Gasteiger partial charge on any atom is 0.0468 e. The monoisotopic (exact) mass is 172 g/mol. The number of nitrogens with one attached hydrogen (secondary N) is 2. The van der Waals surface area contributed by atoms with Gasteiger partial charge in [0.15, 0.2) is 0 Å². The van der Waals surface area contributed by atoms with Crippen LogP contribution >= 0.6 is 0 Å². The Morgan fingerprint density at radius 2 is 2.50 bits per heavy atom. The summed E-state index contributed by atoms with van der Waals surface area (Å²) < 4.78 is 0. The fourth-order valence-corrected chi connectivity index (χ4v) is 1.46. The van der Waals surface area contributed by atoms with Crippen molar-refractivity contribution >= 4 is 0 Å². The van der Waals surface area contributed by atoms with E-state index in [4.69, 9.17) is 5.11 Å². The van der Waals surface area contributed by atoms with Gasteiger partial charge >= 0.3 is 0 Å². The van der Waals surface area contributed by atoms with E-state index >= 15 is 0 Å². The van der Waals surface area contributed by atoms with Gasteiger partial charge in [-0.2, -0.15) is 0 Å². The Bertz CT molecular complexity index is 113. The molecule has 1 aliphatic heterocycles. The van der Waals surface area contributed by atoms with Crippen LogP contribution in [0.4, 0.5) is 0 Å². The van der Waals surface area contributed by atoms with Crippen LogP contribution in [0.2, 0.25) is 0 Å². The molecule has 3 heteroatoms. The normalized spacial score (nSPS) is 27.0. The van der Waals surface area contributed by atoms with Crippen LogP contribution in [0.25, 0.3) is 0 Å². The lowest BCUT2D eigenvalue weighted by Gasteiger charge is -2.25. The van der Waals surface area contributed by atoms with Gasteiger partial charge in [0.1, 0.15) is 0 Å². The Labute approximate surface area is 74.5 Å². The van der Waals surface area contributed by atoms with E-state index in [9.17, 15) is 0 Å². The summed E-state index contributed by atoms with van der Waals surface area (Å²) in [7, 11) is 0. The van der Waals surface area contributed by atoms with E-state index in [-0.39, 0.29) is 6.61 Å². The van der Waals surface area contributed by atoms with Gasteiger partial charge in [-0.05, 0) is 25.3 Å². The average molecular weight is 172 g/mol. The lowest BCUT2D eigenvalue weighted by molar-refractivity contribution is 0.226. The van der Waals surface area contributed by atoms with Gasteiger partial charge in [0, 0.05) is 25.7 Å². The molecule has 0 bridgehead atoms. The number of aliphatic hydroxyl groups excluding tert-OH is 1. The third kappa shape index (κ3) is 3.52. The van der Waals surface area contributed by atoms with E-state index in [1.165, 1.54) is 12.8 Å². The van der Waals surface area contributed by atoms with E-state index in [0.29, 0.717) is 12.0 Å². The van der Waals surface area contributed by atoms with E-state index in [2.05, 4.69) is 17.6 Å². The molecule has 0 aromatic carbocycles. The molecule has 1 aliphatic rings. The highest BCUT2D eigenvalue weighted by molar-refractivity contribution is 4.75. The number of hydrogen-bond acceptors (Lipinski definition) is 3. The first kappa shape index (κ1) is 9.96. The lowest BCUT2D eigenvalue weighted by atomic mass is 10.1. The van der Waals surface area contributed by atoms with Crippen molar-refractivity contribution in [1.82, 2.24) is 10.6 Å². The first-order valence-corrected chi connectivity index (χ1v) is 4.88. The first-order valence-electron chi connectivity index (χ1n) is 4.88. The van der Waals surface area contributed by atoms with Crippen LogP contribution in [0.1, 0.15) is 19.8 Å². The van der Waals surface area contributed by atoms with Gasteiger partial charge in [0.25, 0.3) is 0 Å². The molecule has 0 aliphatic carbocycles. The SMILES string of the molecule is CC(CO)CNC1CCCNC1. The Kier molecular flexibility index (Phi) is 4.58. The standard InChI is InChI=1S/C9H20N2O/c1-8(7-12)5-11-9-3-2-4-10-6-9/h8-12H,2-7H2,1H3. The molecule has 0 aromatic rings. The van der Waals surface area contributed by atoms with Crippen molar-refractivity contribution in [3.8, 4) is 0 Å². The van der Waals surface area contributed by atoms with E-state index < -0.39 is 0 Å². The number of aliphatic hydroxyl groups is 1. The summed E-state index contributed by atoms with van der Waals surface area (Å²) in [6, 6.07) is 0.618. The molecule has 1 rings (SSSR count). The Hall–Kier alpha value is -0.120. The van der Waals surface area contributed by atoms with E-state index in [1.54, 1.807) is 0 Å². The highest BCUT2D eigenvalue weighted by Crippen LogP contribution is 2.01. The summed E-state index contributed by atoms with van der Waals surface area (Å²) in [4.78, 5) is 0. The van der Waals surface area contributed by atoms with Crippen LogP contribution in [0.5, 0.6) is 0 Å². The first-order chi connectivity index (χ1) is 5.83. The van der Waals surface area contributed by atoms with Gasteiger partial charge in [-0.3, -0.25) is 0 Å². The molecule has 72 valence electrons. The smallest absolute Gasteiger partial charge is 0.0468 e. The third-order valence-corrected chi connectivity index (χ3v) is 2.36. The highest BCUT2D eigenvalue weighted by atomic mass is 16.3. The molecule has 0 saturated carbocycles. The third-order valence-electron chi connectivity index (χ3n) is 2.36. The van der Waals surface area contributed by atoms with Gasteiger partial charge in [-0.1, -0.05) is 6.92 Å². The summed E-state index contributed by atoms with van der Waals surface area (Å²) in [6.07, 6.45) is 2.54. The predicted octanol–water partition coefficient (Wildman–Crippen LogP) is -0.0436. The van der Waals surface area contributed by atoms with Crippen molar-refractivity contribution in [2.75, 3.05) is 26.2 Å².